The van der Waals surface area contributed by atoms with Crippen LogP contribution in [-0.4, -0.2) is 29.4 Å². The van der Waals surface area contributed by atoms with Crippen LogP contribution in [0.25, 0.3) is 0 Å². The van der Waals surface area contributed by atoms with E-state index in [1.807, 2.05) is 0 Å². The van der Waals surface area contributed by atoms with Gasteiger partial charge in [0.1, 0.15) is 11.7 Å². The highest BCUT2D eigenvalue weighted by Gasteiger charge is 2.23. The third-order valence-electron chi connectivity index (χ3n) is 3.19. The number of carbonyl (C=O) groups is 2. The minimum atomic E-state index is -0.633. The molecule has 1 fully saturated rings. The fourth-order valence-corrected chi connectivity index (χ4v) is 2.13. The van der Waals surface area contributed by atoms with Crippen LogP contribution in [0.4, 0.5) is 16.2 Å². The fraction of sp³-hybridized carbons (Fsp3) is 0.385. The molecule has 0 aliphatic carbocycles. The number of nitrogens with one attached hydrogen (secondary N) is 3. The molecule has 8 nitrogen and oxygen atoms in total. The summed E-state index contributed by atoms with van der Waals surface area (Å²) >= 11 is 0. The molecule has 3 N–H and O–H groups in total. The largest absolute Gasteiger partial charge is 0.354 e. The van der Waals surface area contributed by atoms with E-state index in [2.05, 4.69) is 16.0 Å². The number of anilines is 1. The molecular weight excluding hydrogens is 276 g/mol. The lowest BCUT2D eigenvalue weighted by Gasteiger charge is -2.15. The number of amides is 3. The summed E-state index contributed by atoms with van der Waals surface area (Å²) in [7, 11) is 0. The Labute approximate surface area is 121 Å². The van der Waals surface area contributed by atoms with Crippen LogP contribution >= 0.6 is 0 Å². The Balaban J connectivity index is 2.01. The average Bonchev–Trinajstić information content (AvgIpc) is 2.64. The molecule has 21 heavy (non-hydrogen) atoms. The SMILES string of the molecule is O=C(Nc1ccccc1[N+](=O)[O-])N[C@H]1CCCCNC1=O. The molecule has 1 heterocycles. The molecule has 3 amide bonds. The first-order valence-electron chi connectivity index (χ1n) is 6.66. The average molecular weight is 292 g/mol. The molecule has 1 saturated heterocycles. The first-order valence-corrected chi connectivity index (χ1v) is 6.66. The minimum Gasteiger partial charge on any atom is -0.354 e. The Bertz CT molecular complexity index is 561. The van der Waals surface area contributed by atoms with Crippen LogP contribution in [0.15, 0.2) is 24.3 Å². The smallest absolute Gasteiger partial charge is 0.320 e. The van der Waals surface area contributed by atoms with E-state index in [1.165, 1.54) is 18.2 Å². The van der Waals surface area contributed by atoms with Crippen molar-refractivity contribution in [1.29, 1.82) is 0 Å². The predicted molar refractivity (Wildman–Crippen MR) is 75.9 cm³/mol. The zero-order chi connectivity index (χ0) is 15.2. The molecule has 0 radical (unpaired) electrons. The lowest BCUT2D eigenvalue weighted by atomic mass is 10.1. The van der Waals surface area contributed by atoms with Gasteiger partial charge in [-0.15, -0.1) is 0 Å². The number of para-hydroxylation sites is 2. The van der Waals surface area contributed by atoms with Gasteiger partial charge in [0.25, 0.3) is 5.69 Å². The van der Waals surface area contributed by atoms with Crippen LogP contribution in [-0.2, 0) is 4.79 Å². The Hall–Kier alpha value is -2.64. The summed E-state index contributed by atoms with van der Waals surface area (Å²) in [6.07, 6.45) is 2.25. The number of urea groups is 1. The summed E-state index contributed by atoms with van der Waals surface area (Å²) in [4.78, 5) is 33.9. The Morgan fingerprint density at radius 2 is 2.10 bits per heavy atom. The zero-order valence-electron chi connectivity index (χ0n) is 11.3. The van der Waals surface area contributed by atoms with Gasteiger partial charge in [0.05, 0.1) is 4.92 Å². The Morgan fingerprint density at radius 1 is 1.33 bits per heavy atom. The second-order valence-corrected chi connectivity index (χ2v) is 4.71. The van der Waals surface area contributed by atoms with Gasteiger partial charge in [0.15, 0.2) is 0 Å². The maximum Gasteiger partial charge on any atom is 0.320 e. The van der Waals surface area contributed by atoms with Gasteiger partial charge in [0, 0.05) is 12.6 Å². The number of nitrogens with zero attached hydrogens (tertiary/aromatic N) is 1. The highest BCUT2D eigenvalue weighted by Crippen LogP contribution is 2.22. The van der Waals surface area contributed by atoms with Gasteiger partial charge in [-0.25, -0.2) is 4.79 Å². The van der Waals surface area contributed by atoms with E-state index in [9.17, 15) is 19.7 Å². The molecule has 1 aromatic rings. The highest BCUT2D eigenvalue weighted by atomic mass is 16.6. The third kappa shape index (κ3) is 3.91. The molecule has 112 valence electrons. The van der Waals surface area contributed by atoms with Gasteiger partial charge in [-0.2, -0.15) is 0 Å². The summed E-state index contributed by atoms with van der Waals surface area (Å²) < 4.78 is 0. The van der Waals surface area contributed by atoms with Gasteiger partial charge in [-0.05, 0) is 25.3 Å². The van der Waals surface area contributed by atoms with Gasteiger partial charge in [-0.3, -0.25) is 14.9 Å². The normalized spacial score (nSPS) is 18.3. The number of rotatable bonds is 3. The lowest BCUT2D eigenvalue weighted by molar-refractivity contribution is -0.383. The van der Waals surface area contributed by atoms with E-state index in [4.69, 9.17) is 0 Å². The number of hydrogen-bond acceptors (Lipinski definition) is 4. The van der Waals surface area contributed by atoms with Gasteiger partial charge in [0.2, 0.25) is 5.91 Å². The topological polar surface area (TPSA) is 113 Å². The van der Waals surface area contributed by atoms with Crippen LogP contribution in [0.2, 0.25) is 0 Å². The maximum atomic E-state index is 11.9. The Kier molecular flexibility index (Phi) is 4.70. The summed E-state index contributed by atoms with van der Waals surface area (Å²) in [5, 5.41) is 18.5. The molecular formula is C13H16N4O4. The van der Waals surface area contributed by atoms with E-state index in [0.717, 1.165) is 12.8 Å². The van der Waals surface area contributed by atoms with Crippen LogP contribution in [0.5, 0.6) is 0 Å². The quantitative estimate of drug-likeness (QED) is 0.577. The molecule has 1 aliphatic rings. The van der Waals surface area contributed by atoms with E-state index in [0.29, 0.717) is 13.0 Å². The van der Waals surface area contributed by atoms with Gasteiger partial charge in [-0.1, -0.05) is 12.1 Å². The van der Waals surface area contributed by atoms with E-state index >= 15 is 0 Å². The molecule has 2 rings (SSSR count). The van der Waals surface area contributed by atoms with E-state index in [-0.39, 0.29) is 17.3 Å². The molecule has 0 bridgehead atoms. The molecule has 1 atom stereocenters. The Morgan fingerprint density at radius 3 is 2.86 bits per heavy atom. The van der Waals surface area contributed by atoms with Crippen LogP contribution in [0.3, 0.4) is 0 Å². The van der Waals surface area contributed by atoms with Crippen molar-refractivity contribution in [2.75, 3.05) is 11.9 Å². The number of nitro benzene ring substituents is 1. The summed E-state index contributed by atoms with van der Waals surface area (Å²) in [5.41, 5.74) is -0.105. The first-order chi connectivity index (χ1) is 10.1. The molecule has 1 aliphatic heterocycles. The van der Waals surface area contributed by atoms with Crippen molar-refractivity contribution >= 4 is 23.3 Å². The van der Waals surface area contributed by atoms with Crippen molar-refractivity contribution in [2.45, 2.75) is 25.3 Å². The summed E-state index contributed by atoms with van der Waals surface area (Å²) in [5.74, 6) is -0.231. The number of carbonyl (C=O) groups excluding carboxylic acids is 2. The van der Waals surface area contributed by atoms with Crippen molar-refractivity contribution in [1.82, 2.24) is 10.6 Å². The number of benzene rings is 1. The van der Waals surface area contributed by atoms with Crippen molar-refractivity contribution in [2.24, 2.45) is 0 Å². The number of nitro groups is 1. The van der Waals surface area contributed by atoms with Gasteiger partial charge < -0.3 is 16.0 Å². The molecule has 0 spiro atoms. The van der Waals surface area contributed by atoms with Crippen LogP contribution < -0.4 is 16.0 Å². The molecule has 0 saturated carbocycles. The predicted octanol–water partition coefficient (Wildman–Crippen LogP) is 1.38. The summed E-state index contributed by atoms with van der Waals surface area (Å²) in [6, 6.07) is 4.58. The monoisotopic (exact) mass is 292 g/mol. The molecule has 0 aromatic heterocycles. The second-order valence-electron chi connectivity index (χ2n) is 4.71. The maximum absolute atomic E-state index is 11.9. The van der Waals surface area contributed by atoms with E-state index < -0.39 is 17.0 Å². The van der Waals surface area contributed by atoms with Crippen molar-refractivity contribution < 1.29 is 14.5 Å². The highest BCUT2D eigenvalue weighted by molar-refractivity contribution is 5.95. The number of hydrogen-bond donors (Lipinski definition) is 3. The van der Waals surface area contributed by atoms with Crippen molar-refractivity contribution in [3.8, 4) is 0 Å². The minimum absolute atomic E-state index is 0.0917. The van der Waals surface area contributed by atoms with Crippen molar-refractivity contribution in [3.05, 3.63) is 34.4 Å². The van der Waals surface area contributed by atoms with E-state index in [1.54, 1.807) is 6.07 Å². The standard InChI is InChI=1S/C13H16N4O4/c18-12-10(6-3-4-8-14-12)16-13(19)15-9-5-1-2-7-11(9)17(20)21/h1-2,5,7,10H,3-4,6,8H2,(H,14,18)(H2,15,16,19)/t10-/m0/s1. The molecule has 8 heteroatoms. The first kappa shape index (κ1) is 14.8. The van der Waals surface area contributed by atoms with Crippen LogP contribution in [0.1, 0.15) is 19.3 Å². The second kappa shape index (κ2) is 6.69. The molecule has 1 aromatic carbocycles. The van der Waals surface area contributed by atoms with Crippen LogP contribution in [0, 0.1) is 10.1 Å². The molecule has 0 unspecified atom stereocenters. The third-order valence-corrected chi connectivity index (χ3v) is 3.19. The lowest BCUT2D eigenvalue weighted by Crippen LogP contribution is -2.47. The zero-order valence-corrected chi connectivity index (χ0v) is 11.3. The van der Waals surface area contributed by atoms with Crippen molar-refractivity contribution in [3.63, 3.8) is 0 Å². The fourth-order valence-electron chi connectivity index (χ4n) is 2.13. The summed E-state index contributed by atoms with van der Waals surface area (Å²) in [6.45, 7) is 0.600. The van der Waals surface area contributed by atoms with Gasteiger partial charge >= 0.3 is 6.03 Å².